The quantitative estimate of drug-likeness (QED) is 0.865. The Hall–Kier alpha value is -2.76. The van der Waals surface area contributed by atoms with Crippen LogP contribution in [0.15, 0.2) is 42.5 Å². The Morgan fingerprint density at radius 2 is 1.87 bits per heavy atom. The van der Waals surface area contributed by atoms with Crippen molar-refractivity contribution >= 4 is 11.8 Å². The van der Waals surface area contributed by atoms with Gasteiger partial charge in [-0.15, -0.1) is 0 Å². The lowest BCUT2D eigenvalue weighted by atomic mass is 10.1. The fourth-order valence-electron chi connectivity index (χ4n) is 2.52. The SMILES string of the molecule is COc1ccc(OC)c(N2CC(c3ccc(F)cc3)OC2=O)c1. The van der Waals surface area contributed by atoms with Crippen LogP contribution in [0.1, 0.15) is 11.7 Å². The highest BCUT2D eigenvalue weighted by atomic mass is 19.1. The first-order chi connectivity index (χ1) is 11.1. The highest BCUT2D eigenvalue weighted by molar-refractivity contribution is 5.92. The van der Waals surface area contributed by atoms with E-state index in [0.29, 0.717) is 23.7 Å². The average Bonchev–Trinajstić information content (AvgIpc) is 2.96. The van der Waals surface area contributed by atoms with E-state index in [9.17, 15) is 9.18 Å². The molecule has 5 nitrogen and oxygen atoms in total. The average molecular weight is 317 g/mol. The molecule has 1 aliphatic rings. The first kappa shape index (κ1) is 15.1. The Labute approximate surface area is 133 Å². The Kier molecular flexibility index (Phi) is 4.06. The Morgan fingerprint density at radius 1 is 1.13 bits per heavy atom. The number of nitrogens with zero attached hydrogens (tertiary/aromatic N) is 1. The number of amides is 1. The molecule has 1 fully saturated rings. The number of benzene rings is 2. The number of methoxy groups -OCH3 is 2. The first-order valence-corrected chi connectivity index (χ1v) is 7.08. The van der Waals surface area contributed by atoms with E-state index in [-0.39, 0.29) is 5.82 Å². The van der Waals surface area contributed by atoms with Crippen molar-refractivity contribution in [2.75, 3.05) is 25.7 Å². The number of carbonyl (C=O) groups excluding carboxylic acids is 1. The molecular weight excluding hydrogens is 301 g/mol. The van der Waals surface area contributed by atoms with Gasteiger partial charge in [0.1, 0.15) is 23.4 Å². The molecule has 2 aromatic carbocycles. The number of anilines is 1. The summed E-state index contributed by atoms with van der Waals surface area (Å²) in [5.41, 5.74) is 1.31. The molecule has 1 heterocycles. The minimum absolute atomic E-state index is 0.313. The zero-order valence-corrected chi connectivity index (χ0v) is 12.8. The lowest BCUT2D eigenvalue weighted by Crippen LogP contribution is -2.24. The third-order valence-corrected chi connectivity index (χ3v) is 3.73. The third kappa shape index (κ3) is 2.92. The molecule has 1 aliphatic heterocycles. The zero-order chi connectivity index (χ0) is 16.4. The van der Waals surface area contributed by atoms with Crippen molar-refractivity contribution in [2.24, 2.45) is 0 Å². The molecule has 1 amide bonds. The van der Waals surface area contributed by atoms with Gasteiger partial charge in [0.15, 0.2) is 0 Å². The van der Waals surface area contributed by atoms with Crippen LogP contribution in [0.4, 0.5) is 14.9 Å². The predicted octanol–water partition coefficient (Wildman–Crippen LogP) is 3.54. The topological polar surface area (TPSA) is 48.0 Å². The minimum Gasteiger partial charge on any atom is -0.497 e. The second-order valence-electron chi connectivity index (χ2n) is 5.07. The van der Waals surface area contributed by atoms with Crippen molar-refractivity contribution < 1.29 is 23.4 Å². The van der Waals surface area contributed by atoms with Crippen LogP contribution in [-0.4, -0.2) is 26.9 Å². The van der Waals surface area contributed by atoms with Gasteiger partial charge < -0.3 is 14.2 Å². The highest BCUT2D eigenvalue weighted by Gasteiger charge is 2.35. The van der Waals surface area contributed by atoms with Crippen molar-refractivity contribution in [3.05, 3.63) is 53.8 Å². The van der Waals surface area contributed by atoms with Crippen LogP contribution in [0.5, 0.6) is 11.5 Å². The van der Waals surface area contributed by atoms with Crippen LogP contribution in [-0.2, 0) is 4.74 Å². The van der Waals surface area contributed by atoms with Crippen molar-refractivity contribution in [2.45, 2.75) is 6.10 Å². The van der Waals surface area contributed by atoms with Crippen LogP contribution in [0, 0.1) is 5.82 Å². The van der Waals surface area contributed by atoms with Gasteiger partial charge in [-0.3, -0.25) is 4.90 Å². The molecule has 6 heteroatoms. The van der Waals surface area contributed by atoms with Gasteiger partial charge in [0.25, 0.3) is 0 Å². The summed E-state index contributed by atoms with van der Waals surface area (Å²) in [6.07, 6.45) is -0.940. The monoisotopic (exact) mass is 317 g/mol. The van der Waals surface area contributed by atoms with Crippen LogP contribution in [0.2, 0.25) is 0 Å². The zero-order valence-electron chi connectivity index (χ0n) is 12.8. The van der Waals surface area contributed by atoms with Crippen molar-refractivity contribution in [3.63, 3.8) is 0 Å². The molecule has 0 N–H and O–H groups in total. The number of halogens is 1. The molecule has 0 aromatic heterocycles. The normalized spacial score (nSPS) is 17.1. The summed E-state index contributed by atoms with van der Waals surface area (Å²) >= 11 is 0. The number of hydrogen-bond donors (Lipinski definition) is 0. The molecular formula is C17H16FNO4. The van der Waals surface area contributed by atoms with Crippen molar-refractivity contribution in [1.29, 1.82) is 0 Å². The van der Waals surface area contributed by atoms with Gasteiger partial charge in [0.2, 0.25) is 0 Å². The fourth-order valence-corrected chi connectivity index (χ4v) is 2.52. The maximum Gasteiger partial charge on any atom is 0.415 e. The van der Waals surface area contributed by atoms with Gasteiger partial charge in [-0.2, -0.15) is 0 Å². The first-order valence-electron chi connectivity index (χ1n) is 7.08. The predicted molar refractivity (Wildman–Crippen MR) is 82.5 cm³/mol. The smallest absolute Gasteiger partial charge is 0.415 e. The van der Waals surface area contributed by atoms with Gasteiger partial charge in [0.05, 0.1) is 26.5 Å². The van der Waals surface area contributed by atoms with Gasteiger partial charge in [-0.25, -0.2) is 9.18 Å². The second-order valence-corrected chi connectivity index (χ2v) is 5.07. The molecule has 0 spiro atoms. The third-order valence-electron chi connectivity index (χ3n) is 3.73. The summed E-state index contributed by atoms with van der Waals surface area (Å²) in [4.78, 5) is 13.7. The molecule has 1 atom stereocenters. The Bertz CT molecular complexity index is 717. The second kappa shape index (κ2) is 6.16. The van der Waals surface area contributed by atoms with Gasteiger partial charge in [-0.1, -0.05) is 12.1 Å². The Morgan fingerprint density at radius 3 is 2.52 bits per heavy atom. The van der Waals surface area contributed by atoms with E-state index in [1.54, 1.807) is 37.4 Å². The number of hydrogen-bond acceptors (Lipinski definition) is 4. The number of cyclic esters (lactones) is 1. The summed E-state index contributed by atoms with van der Waals surface area (Å²) in [5, 5.41) is 0. The summed E-state index contributed by atoms with van der Waals surface area (Å²) in [6.45, 7) is 0.313. The molecule has 0 saturated carbocycles. The van der Waals surface area contributed by atoms with Crippen LogP contribution in [0.25, 0.3) is 0 Å². The standard InChI is InChI=1S/C17H16FNO4/c1-21-13-7-8-15(22-2)14(9-13)19-10-16(23-17(19)20)11-3-5-12(18)6-4-11/h3-9,16H,10H2,1-2H3. The number of ether oxygens (including phenoxy) is 3. The van der Waals surface area contributed by atoms with E-state index in [1.165, 1.54) is 24.1 Å². The molecule has 1 unspecified atom stereocenters. The van der Waals surface area contributed by atoms with Crippen LogP contribution >= 0.6 is 0 Å². The van der Waals surface area contributed by atoms with Crippen molar-refractivity contribution in [3.8, 4) is 11.5 Å². The summed E-state index contributed by atoms with van der Waals surface area (Å²) in [6, 6.07) is 11.1. The fraction of sp³-hybridized carbons (Fsp3) is 0.235. The molecule has 23 heavy (non-hydrogen) atoms. The molecule has 1 saturated heterocycles. The summed E-state index contributed by atoms with van der Waals surface area (Å²) in [7, 11) is 3.08. The molecule has 0 aliphatic carbocycles. The highest BCUT2D eigenvalue weighted by Crippen LogP contribution is 2.37. The van der Waals surface area contributed by atoms with E-state index in [1.807, 2.05) is 0 Å². The number of carbonyl (C=O) groups is 1. The molecule has 0 radical (unpaired) electrons. The number of rotatable bonds is 4. The summed E-state index contributed by atoms with van der Waals surface area (Å²) < 4.78 is 28.9. The minimum atomic E-state index is -0.481. The van der Waals surface area contributed by atoms with Crippen LogP contribution < -0.4 is 14.4 Å². The Balaban J connectivity index is 1.89. The molecule has 120 valence electrons. The summed E-state index contributed by atoms with van der Waals surface area (Å²) in [5.74, 6) is 0.825. The van der Waals surface area contributed by atoms with Gasteiger partial charge in [-0.05, 0) is 29.8 Å². The van der Waals surface area contributed by atoms with E-state index < -0.39 is 12.2 Å². The van der Waals surface area contributed by atoms with Gasteiger partial charge >= 0.3 is 6.09 Å². The molecule has 0 bridgehead atoms. The maximum atomic E-state index is 13.0. The van der Waals surface area contributed by atoms with Gasteiger partial charge in [0, 0.05) is 6.07 Å². The van der Waals surface area contributed by atoms with Crippen LogP contribution in [0.3, 0.4) is 0 Å². The molecule has 2 aromatic rings. The van der Waals surface area contributed by atoms with E-state index >= 15 is 0 Å². The van der Waals surface area contributed by atoms with Crippen molar-refractivity contribution in [1.82, 2.24) is 0 Å². The lowest BCUT2D eigenvalue weighted by molar-refractivity contribution is 0.142. The largest absolute Gasteiger partial charge is 0.497 e. The van der Waals surface area contributed by atoms with E-state index in [2.05, 4.69) is 0 Å². The van der Waals surface area contributed by atoms with E-state index in [0.717, 1.165) is 5.56 Å². The lowest BCUT2D eigenvalue weighted by Gasteiger charge is -2.17. The van der Waals surface area contributed by atoms with E-state index in [4.69, 9.17) is 14.2 Å². The maximum absolute atomic E-state index is 13.0. The molecule has 3 rings (SSSR count).